The molecule has 0 spiro atoms. The predicted octanol–water partition coefficient (Wildman–Crippen LogP) is 6.18. The Morgan fingerprint density at radius 2 is 1.50 bits per heavy atom. The summed E-state index contributed by atoms with van der Waals surface area (Å²) < 4.78 is 0. The molecule has 0 heteroatoms. The normalized spacial score (nSPS) is 15.7. The van der Waals surface area contributed by atoms with Crippen molar-refractivity contribution in [1.82, 2.24) is 0 Å². The van der Waals surface area contributed by atoms with Crippen LogP contribution in [-0.4, -0.2) is 0 Å². The van der Waals surface area contributed by atoms with E-state index in [1.165, 1.54) is 55.6 Å². The van der Waals surface area contributed by atoms with Crippen molar-refractivity contribution in [2.24, 2.45) is 0 Å². The Morgan fingerprint density at radius 1 is 0.750 bits per heavy atom. The zero-order chi connectivity index (χ0) is 16.6. The molecule has 0 radical (unpaired) electrons. The van der Waals surface area contributed by atoms with Crippen LogP contribution in [-0.2, 0) is 11.8 Å². The second kappa shape index (κ2) is 4.39. The molecule has 0 unspecified atom stereocenters. The van der Waals surface area contributed by atoms with Gasteiger partial charge in [0.2, 0.25) is 0 Å². The second-order valence-electron chi connectivity index (χ2n) is 7.90. The second-order valence-corrected chi connectivity index (χ2v) is 7.90. The molecule has 0 nitrogen and oxygen atoms in total. The van der Waals surface area contributed by atoms with E-state index in [4.69, 9.17) is 0 Å². The average Bonchev–Trinajstić information content (AvgIpc) is 3.05. The van der Waals surface area contributed by atoms with Crippen molar-refractivity contribution >= 4 is 0 Å². The van der Waals surface area contributed by atoms with Gasteiger partial charge >= 0.3 is 0 Å². The number of benzene rings is 3. The molecule has 0 aromatic heterocycles. The summed E-state index contributed by atoms with van der Waals surface area (Å²) >= 11 is 0. The van der Waals surface area contributed by atoms with Crippen LogP contribution in [0.2, 0.25) is 0 Å². The summed E-state index contributed by atoms with van der Waals surface area (Å²) in [5.74, 6) is 0. The van der Waals surface area contributed by atoms with Crippen LogP contribution in [0.1, 0.15) is 47.2 Å². The Bertz CT molecular complexity index is 1020. The van der Waals surface area contributed by atoms with Gasteiger partial charge in [0.25, 0.3) is 0 Å². The molecular weight excluding hydrogens is 288 g/mol. The first-order valence-corrected chi connectivity index (χ1v) is 8.86. The third kappa shape index (κ3) is 1.54. The molecule has 0 N–H and O–H groups in total. The first kappa shape index (κ1) is 14.0. The van der Waals surface area contributed by atoms with Crippen LogP contribution in [0.15, 0.2) is 48.5 Å². The number of hydrogen-bond acceptors (Lipinski definition) is 0. The molecule has 118 valence electrons. The molecule has 0 saturated heterocycles. The molecule has 0 fully saturated rings. The minimum atomic E-state index is 0.0816. The lowest BCUT2D eigenvalue weighted by atomic mass is 9.80. The number of hydrogen-bond donors (Lipinski definition) is 0. The standard InChI is InChI=1S/C24H22/c1-14-8-7-10-16-18(14)12-19-15(2)23-17-9-5-6-11-21(17)24(3,4)22(23)13-20(16)19/h5-11,13H,12H2,1-4H3. The molecule has 5 rings (SSSR count). The SMILES string of the molecule is Cc1cccc2c1Cc1c-2cc2c(c1C)-c1ccccc1C2(C)C. The molecule has 0 heterocycles. The van der Waals surface area contributed by atoms with Crippen molar-refractivity contribution < 1.29 is 0 Å². The Morgan fingerprint density at radius 3 is 2.33 bits per heavy atom. The van der Waals surface area contributed by atoms with Gasteiger partial charge in [-0.15, -0.1) is 0 Å². The number of rotatable bonds is 0. The zero-order valence-corrected chi connectivity index (χ0v) is 14.8. The Labute approximate surface area is 144 Å². The highest BCUT2D eigenvalue weighted by Crippen LogP contribution is 2.54. The maximum Gasteiger partial charge on any atom is 0.0159 e. The van der Waals surface area contributed by atoms with Crippen LogP contribution in [0.5, 0.6) is 0 Å². The van der Waals surface area contributed by atoms with Crippen LogP contribution in [0, 0.1) is 13.8 Å². The highest BCUT2D eigenvalue weighted by atomic mass is 14.4. The largest absolute Gasteiger partial charge is 0.0619 e. The zero-order valence-electron chi connectivity index (χ0n) is 14.8. The summed E-state index contributed by atoms with van der Waals surface area (Å²) in [7, 11) is 0. The van der Waals surface area contributed by atoms with Crippen LogP contribution in [0.3, 0.4) is 0 Å². The van der Waals surface area contributed by atoms with E-state index in [0.717, 1.165) is 6.42 Å². The van der Waals surface area contributed by atoms with Crippen molar-refractivity contribution in [1.29, 1.82) is 0 Å². The van der Waals surface area contributed by atoms with E-state index < -0.39 is 0 Å². The lowest BCUT2D eigenvalue weighted by Crippen LogP contribution is -2.15. The summed E-state index contributed by atoms with van der Waals surface area (Å²) in [6.07, 6.45) is 1.08. The van der Waals surface area contributed by atoms with Gasteiger partial charge in [0.05, 0.1) is 0 Å². The fourth-order valence-electron chi connectivity index (χ4n) is 4.92. The number of fused-ring (bicyclic) bond motifs is 6. The summed E-state index contributed by atoms with van der Waals surface area (Å²) in [4.78, 5) is 0. The molecule has 3 aromatic rings. The van der Waals surface area contributed by atoms with Gasteiger partial charge in [-0.2, -0.15) is 0 Å². The Hall–Kier alpha value is -2.34. The Kier molecular flexibility index (Phi) is 2.57. The maximum atomic E-state index is 2.49. The van der Waals surface area contributed by atoms with E-state index in [-0.39, 0.29) is 5.41 Å². The van der Waals surface area contributed by atoms with Crippen LogP contribution in [0.25, 0.3) is 22.3 Å². The minimum Gasteiger partial charge on any atom is -0.0619 e. The third-order valence-corrected chi connectivity index (χ3v) is 6.31. The summed E-state index contributed by atoms with van der Waals surface area (Å²) in [5.41, 5.74) is 14.8. The van der Waals surface area contributed by atoms with Crippen LogP contribution < -0.4 is 0 Å². The van der Waals surface area contributed by atoms with E-state index in [9.17, 15) is 0 Å². The van der Waals surface area contributed by atoms with Crippen molar-refractivity contribution in [3.63, 3.8) is 0 Å². The molecule has 0 saturated carbocycles. The van der Waals surface area contributed by atoms with Gasteiger partial charge in [0, 0.05) is 5.41 Å². The summed E-state index contributed by atoms with van der Waals surface area (Å²) in [6, 6.07) is 18.2. The van der Waals surface area contributed by atoms with Gasteiger partial charge in [-0.3, -0.25) is 0 Å². The fraction of sp³-hybridized carbons (Fsp3) is 0.250. The molecule has 3 aromatic carbocycles. The lowest BCUT2D eigenvalue weighted by molar-refractivity contribution is 0.660. The van der Waals surface area contributed by atoms with E-state index in [2.05, 4.69) is 76.2 Å². The summed E-state index contributed by atoms with van der Waals surface area (Å²) in [6.45, 7) is 9.31. The van der Waals surface area contributed by atoms with Crippen LogP contribution in [0.4, 0.5) is 0 Å². The number of aryl methyl sites for hydroxylation is 1. The molecule has 0 amide bonds. The highest BCUT2D eigenvalue weighted by Gasteiger charge is 2.38. The van der Waals surface area contributed by atoms with E-state index in [1.54, 1.807) is 0 Å². The van der Waals surface area contributed by atoms with Crippen LogP contribution >= 0.6 is 0 Å². The molecule has 2 aliphatic rings. The van der Waals surface area contributed by atoms with Gasteiger partial charge in [0.1, 0.15) is 0 Å². The molecule has 0 aliphatic heterocycles. The van der Waals surface area contributed by atoms with Gasteiger partial charge in [-0.25, -0.2) is 0 Å². The third-order valence-electron chi connectivity index (χ3n) is 6.31. The smallest absolute Gasteiger partial charge is 0.0159 e. The van der Waals surface area contributed by atoms with E-state index in [0.29, 0.717) is 0 Å². The highest BCUT2D eigenvalue weighted by molar-refractivity contribution is 5.90. The monoisotopic (exact) mass is 310 g/mol. The van der Waals surface area contributed by atoms with Crippen molar-refractivity contribution in [2.75, 3.05) is 0 Å². The first-order chi connectivity index (χ1) is 11.5. The summed E-state index contributed by atoms with van der Waals surface area (Å²) in [5, 5.41) is 0. The fourth-order valence-corrected chi connectivity index (χ4v) is 4.92. The van der Waals surface area contributed by atoms with Gasteiger partial charge in [0.15, 0.2) is 0 Å². The minimum absolute atomic E-state index is 0.0816. The lowest BCUT2D eigenvalue weighted by Gasteiger charge is -2.22. The van der Waals surface area contributed by atoms with E-state index >= 15 is 0 Å². The van der Waals surface area contributed by atoms with Gasteiger partial charge < -0.3 is 0 Å². The topological polar surface area (TPSA) is 0 Å². The average molecular weight is 310 g/mol. The molecule has 0 bridgehead atoms. The maximum absolute atomic E-state index is 2.49. The van der Waals surface area contributed by atoms with Crippen molar-refractivity contribution in [3.05, 3.63) is 81.9 Å². The van der Waals surface area contributed by atoms with Crippen molar-refractivity contribution in [2.45, 2.75) is 39.5 Å². The molecule has 2 aliphatic carbocycles. The van der Waals surface area contributed by atoms with Crippen molar-refractivity contribution in [3.8, 4) is 22.3 Å². The molecule has 24 heavy (non-hydrogen) atoms. The predicted molar refractivity (Wildman–Crippen MR) is 102 cm³/mol. The first-order valence-electron chi connectivity index (χ1n) is 8.86. The van der Waals surface area contributed by atoms with Gasteiger partial charge in [-0.05, 0) is 82.0 Å². The quantitative estimate of drug-likeness (QED) is 0.364. The molecular formula is C24H22. The Balaban J connectivity index is 1.87. The van der Waals surface area contributed by atoms with Gasteiger partial charge in [-0.1, -0.05) is 56.3 Å². The van der Waals surface area contributed by atoms with E-state index in [1.807, 2.05) is 0 Å². The molecule has 0 atom stereocenters.